The molecule has 0 saturated carbocycles. The Labute approximate surface area is 202 Å². The molecule has 0 bridgehead atoms. The van der Waals surface area contributed by atoms with Crippen LogP contribution in [0.15, 0.2) is 73.1 Å². The van der Waals surface area contributed by atoms with E-state index in [-0.39, 0.29) is 11.8 Å². The van der Waals surface area contributed by atoms with Crippen LogP contribution in [0.1, 0.15) is 17.5 Å². The van der Waals surface area contributed by atoms with Crippen LogP contribution in [0.3, 0.4) is 0 Å². The minimum absolute atomic E-state index is 0.0228. The third-order valence-electron chi connectivity index (χ3n) is 7.36. The highest BCUT2D eigenvalue weighted by Crippen LogP contribution is 2.49. The van der Waals surface area contributed by atoms with Crippen molar-refractivity contribution in [2.24, 2.45) is 0 Å². The molecule has 4 N–H and O–H groups in total. The average Bonchev–Trinajstić information content (AvgIpc) is 3.52. The monoisotopic (exact) mass is 459 g/mol. The molecule has 3 aromatic heterocycles. The van der Waals surface area contributed by atoms with E-state index in [1.165, 1.54) is 16.6 Å². The summed E-state index contributed by atoms with van der Waals surface area (Å²) >= 11 is 0. The molecule has 7 rings (SSSR count). The number of hydrogen-bond donors (Lipinski definition) is 4. The van der Waals surface area contributed by atoms with Crippen LogP contribution in [0.4, 0.5) is 0 Å². The summed E-state index contributed by atoms with van der Waals surface area (Å²) in [6, 6.07) is 21.1. The van der Waals surface area contributed by atoms with Crippen molar-refractivity contribution in [3.05, 3.63) is 84.2 Å². The van der Waals surface area contributed by atoms with Gasteiger partial charge in [0.25, 0.3) is 0 Å². The average molecular weight is 460 g/mol. The van der Waals surface area contributed by atoms with Gasteiger partial charge >= 0.3 is 0 Å². The zero-order chi connectivity index (χ0) is 23.7. The van der Waals surface area contributed by atoms with E-state index in [4.69, 9.17) is 0 Å². The van der Waals surface area contributed by atoms with Gasteiger partial charge in [0.1, 0.15) is 0 Å². The summed E-state index contributed by atoms with van der Waals surface area (Å²) < 4.78 is 2.28. The van der Waals surface area contributed by atoms with Gasteiger partial charge in [-0.3, -0.25) is 4.98 Å². The molecule has 0 aliphatic carbocycles. The van der Waals surface area contributed by atoms with Crippen molar-refractivity contribution in [1.29, 1.82) is 0 Å². The summed E-state index contributed by atoms with van der Waals surface area (Å²) in [4.78, 5) is 6.14. The molecule has 35 heavy (non-hydrogen) atoms. The van der Waals surface area contributed by atoms with Gasteiger partial charge < -0.3 is 19.8 Å². The highest BCUT2D eigenvalue weighted by Gasteiger charge is 2.26. The van der Waals surface area contributed by atoms with Crippen molar-refractivity contribution in [2.75, 3.05) is 0 Å². The molecule has 5 heteroatoms. The van der Waals surface area contributed by atoms with Gasteiger partial charge in [-0.2, -0.15) is 0 Å². The Kier molecular flexibility index (Phi) is 4.18. The number of benzene rings is 3. The SMILES string of the molecule is Cc1cccc(-c2ccc3[nH]cc(-c4c(O)[nH]c(O)c4-c4cn5c6c(cccc46)CCC5)c3c2)c1. The smallest absolute Gasteiger partial charge is 0.200 e. The Balaban J connectivity index is 1.47. The van der Waals surface area contributed by atoms with E-state index >= 15 is 0 Å². The number of nitrogens with one attached hydrogen (secondary N) is 2. The molecule has 172 valence electrons. The molecule has 3 aromatic carbocycles. The number of fused-ring (bicyclic) bond motifs is 1. The third kappa shape index (κ3) is 2.94. The summed E-state index contributed by atoms with van der Waals surface area (Å²) in [6.45, 7) is 3.04. The lowest BCUT2D eigenvalue weighted by Gasteiger charge is -2.14. The Morgan fingerprint density at radius 2 is 1.63 bits per heavy atom. The number of nitrogens with zero attached hydrogens (tertiary/aromatic N) is 1. The zero-order valence-corrected chi connectivity index (χ0v) is 19.4. The summed E-state index contributed by atoms with van der Waals surface area (Å²) in [5.41, 5.74) is 10.0. The van der Waals surface area contributed by atoms with E-state index in [1.54, 1.807) is 0 Å². The molecular formula is C30H25N3O2. The third-order valence-corrected chi connectivity index (χ3v) is 7.36. The van der Waals surface area contributed by atoms with Crippen LogP contribution in [0.2, 0.25) is 0 Å². The molecule has 6 aromatic rings. The predicted molar refractivity (Wildman–Crippen MR) is 141 cm³/mol. The summed E-state index contributed by atoms with van der Waals surface area (Å²) in [6.07, 6.45) is 6.19. The van der Waals surface area contributed by atoms with Gasteiger partial charge in [0.05, 0.1) is 16.6 Å². The number of aromatic nitrogens is 3. The molecule has 0 amide bonds. The fourth-order valence-corrected chi connectivity index (χ4v) is 5.78. The van der Waals surface area contributed by atoms with E-state index in [2.05, 4.69) is 88.3 Å². The maximum absolute atomic E-state index is 11.0. The first-order chi connectivity index (χ1) is 17.1. The number of H-pyrrole nitrogens is 2. The van der Waals surface area contributed by atoms with Crippen molar-refractivity contribution >= 4 is 21.8 Å². The van der Waals surface area contributed by atoms with Gasteiger partial charge in [-0.05, 0) is 48.6 Å². The van der Waals surface area contributed by atoms with Gasteiger partial charge in [-0.25, -0.2) is 0 Å². The number of hydrogen-bond acceptors (Lipinski definition) is 2. The number of rotatable bonds is 3. The maximum atomic E-state index is 11.0. The van der Waals surface area contributed by atoms with Crippen molar-refractivity contribution < 1.29 is 10.2 Å². The lowest BCUT2D eigenvalue weighted by Crippen LogP contribution is -2.05. The number of aryl methyl sites for hydroxylation is 3. The lowest BCUT2D eigenvalue weighted by atomic mass is 9.95. The Morgan fingerprint density at radius 3 is 2.49 bits per heavy atom. The van der Waals surface area contributed by atoms with Crippen LogP contribution in [0.5, 0.6) is 11.8 Å². The highest BCUT2D eigenvalue weighted by molar-refractivity contribution is 6.08. The molecule has 0 atom stereocenters. The van der Waals surface area contributed by atoms with Gasteiger partial charge in [0.2, 0.25) is 0 Å². The molecule has 1 aliphatic heterocycles. The van der Waals surface area contributed by atoms with Crippen LogP contribution >= 0.6 is 0 Å². The second kappa shape index (κ2) is 7.31. The van der Waals surface area contributed by atoms with E-state index in [0.717, 1.165) is 57.9 Å². The summed E-state index contributed by atoms with van der Waals surface area (Å²) in [5, 5.41) is 24.1. The molecule has 0 saturated heterocycles. The summed E-state index contributed by atoms with van der Waals surface area (Å²) in [5.74, 6) is -0.0586. The zero-order valence-electron chi connectivity index (χ0n) is 19.4. The van der Waals surface area contributed by atoms with Gasteiger partial charge in [-0.1, -0.05) is 54.1 Å². The molecular weight excluding hydrogens is 434 g/mol. The Morgan fingerprint density at radius 1 is 0.829 bits per heavy atom. The fourth-order valence-electron chi connectivity index (χ4n) is 5.78. The van der Waals surface area contributed by atoms with E-state index in [1.807, 2.05) is 6.20 Å². The predicted octanol–water partition coefficient (Wildman–Crippen LogP) is 7.12. The first-order valence-electron chi connectivity index (χ1n) is 12.0. The lowest BCUT2D eigenvalue weighted by molar-refractivity contribution is 0.426. The van der Waals surface area contributed by atoms with Crippen molar-refractivity contribution in [2.45, 2.75) is 26.3 Å². The largest absolute Gasteiger partial charge is 0.494 e. The Bertz CT molecular complexity index is 1770. The normalized spacial score (nSPS) is 13.2. The number of aromatic hydroxyl groups is 2. The van der Waals surface area contributed by atoms with E-state index < -0.39 is 0 Å². The minimum atomic E-state index is -0.0358. The van der Waals surface area contributed by atoms with Crippen LogP contribution in [0, 0.1) is 6.92 Å². The van der Waals surface area contributed by atoms with Crippen LogP contribution < -0.4 is 0 Å². The minimum Gasteiger partial charge on any atom is -0.494 e. The fraction of sp³-hybridized carbons (Fsp3) is 0.133. The van der Waals surface area contributed by atoms with Crippen molar-refractivity contribution in [3.63, 3.8) is 0 Å². The standard InChI is InChI=1S/C30H25N3O2/c1-17-5-2-7-19(13-17)20-10-11-25-22(14-20)23(15-31-25)26-27(30(35)32-29(26)34)24-16-33-12-4-8-18-6-3-9-21(24)28(18)33/h2-3,5-7,9-11,13-16,31-32,34-35H,4,8,12H2,1H3. The first-order valence-corrected chi connectivity index (χ1v) is 12.0. The van der Waals surface area contributed by atoms with Crippen LogP contribution in [-0.4, -0.2) is 24.7 Å². The molecule has 4 heterocycles. The molecule has 0 unspecified atom stereocenters. The van der Waals surface area contributed by atoms with Crippen LogP contribution in [0.25, 0.3) is 55.2 Å². The number of para-hydroxylation sites is 1. The molecule has 0 spiro atoms. The van der Waals surface area contributed by atoms with Gasteiger partial charge in [0.15, 0.2) is 11.8 Å². The highest BCUT2D eigenvalue weighted by atomic mass is 16.3. The van der Waals surface area contributed by atoms with Gasteiger partial charge in [-0.15, -0.1) is 0 Å². The van der Waals surface area contributed by atoms with E-state index in [0.29, 0.717) is 11.1 Å². The van der Waals surface area contributed by atoms with Crippen LogP contribution in [-0.2, 0) is 13.0 Å². The van der Waals surface area contributed by atoms with Gasteiger partial charge in [0, 0.05) is 46.4 Å². The quantitative estimate of drug-likeness (QED) is 0.227. The number of aromatic amines is 2. The molecule has 5 nitrogen and oxygen atoms in total. The molecule has 0 fully saturated rings. The molecule has 0 radical (unpaired) electrons. The van der Waals surface area contributed by atoms with Crippen molar-refractivity contribution in [3.8, 4) is 45.1 Å². The Hall–Kier alpha value is -4.38. The topological polar surface area (TPSA) is 77.0 Å². The first kappa shape index (κ1) is 20.0. The second-order valence-corrected chi connectivity index (χ2v) is 9.56. The van der Waals surface area contributed by atoms with Crippen molar-refractivity contribution in [1.82, 2.24) is 14.5 Å². The second-order valence-electron chi connectivity index (χ2n) is 9.56. The summed E-state index contributed by atoms with van der Waals surface area (Å²) in [7, 11) is 0. The van der Waals surface area contributed by atoms with E-state index in [9.17, 15) is 10.2 Å². The maximum Gasteiger partial charge on any atom is 0.200 e. The molecule has 1 aliphatic rings.